The molecule has 0 aliphatic carbocycles. The molecule has 2 nitrogen and oxygen atoms in total. The lowest BCUT2D eigenvalue weighted by Crippen LogP contribution is -2.24. The smallest absolute Gasteiger partial charge is 0.156 e. The van der Waals surface area contributed by atoms with Crippen molar-refractivity contribution in [2.45, 2.75) is 56.4 Å². The quantitative estimate of drug-likeness (QED) is 0.0985. The van der Waals surface area contributed by atoms with Crippen LogP contribution in [0.1, 0.15) is 61.6 Å². The molecule has 0 saturated carbocycles. The Hall–Kier alpha value is -1.99. The van der Waals surface area contributed by atoms with Gasteiger partial charge in [-0.25, -0.2) is 0 Å². The van der Waals surface area contributed by atoms with Crippen molar-refractivity contribution < 1.29 is 9.47 Å². The number of methoxy groups -OCH3 is 2. The Labute approximate surface area is 202 Å². The topological polar surface area (TPSA) is 18.5 Å². The molecule has 0 N–H and O–H groups in total. The summed E-state index contributed by atoms with van der Waals surface area (Å²) in [6.07, 6.45) is 9.81. The molecular formula is C30H39O2P. The van der Waals surface area contributed by atoms with Gasteiger partial charge in [0.1, 0.15) is 0 Å². The van der Waals surface area contributed by atoms with E-state index in [1.165, 1.54) is 61.4 Å². The van der Waals surface area contributed by atoms with Crippen molar-refractivity contribution in [1.29, 1.82) is 0 Å². The molecule has 3 heteroatoms. The minimum atomic E-state index is -0.0842. The zero-order valence-electron chi connectivity index (χ0n) is 20.2. The SMILES string of the molecule is COC(CCCCCCCCPC(c1ccccc1)(c1ccccc1)c1ccccc1)OC. The summed E-state index contributed by atoms with van der Waals surface area (Å²) in [4.78, 5) is 0. The summed E-state index contributed by atoms with van der Waals surface area (Å²) < 4.78 is 10.6. The van der Waals surface area contributed by atoms with Gasteiger partial charge >= 0.3 is 0 Å². The Balaban J connectivity index is 1.63. The largest absolute Gasteiger partial charge is 0.356 e. The molecule has 0 spiro atoms. The molecule has 0 radical (unpaired) electrons. The van der Waals surface area contributed by atoms with Gasteiger partial charge in [-0.3, -0.25) is 0 Å². The summed E-state index contributed by atoms with van der Waals surface area (Å²) in [6, 6.07) is 33.3. The van der Waals surface area contributed by atoms with Gasteiger partial charge in [0.2, 0.25) is 0 Å². The number of hydrogen-bond acceptors (Lipinski definition) is 2. The zero-order chi connectivity index (χ0) is 23.2. The van der Waals surface area contributed by atoms with Gasteiger partial charge in [-0.15, -0.1) is 8.58 Å². The Morgan fingerprint density at radius 3 is 1.39 bits per heavy atom. The van der Waals surface area contributed by atoms with Gasteiger partial charge in [-0.05, 0) is 42.1 Å². The van der Waals surface area contributed by atoms with Crippen LogP contribution in [0.3, 0.4) is 0 Å². The summed E-state index contributed by atoms with van der Waals surface area (Å²) in [5.41, 5.74) is 4.18. The second kappa shape index (κ2) is 14.3. The average molecular weight is 463 g/mol. The first-order valence-corrected chi connectivity index (χ1v) is 13.5. The maximum Gasteiger partial charge on any atom is 0.156 e. The second-order valence-electron chi connectivity index (χ2n) is 8.59. The van der Waals surface area contributed by atoms with Crippen molar-refractivity contribution in [3.63, 3.8) is 0 Å². The number of ether oxygens (including phenoxy) is 2. The molecule has 0 saturated heterocycles. The molecule has 1 unspecified atom stereocenters. The van der Waals surface area contributed by atoms with Gasteiger partial charge in [0.25, 0.3) is 0 Å². The van der Waals surface area contributed by atoms with Crippen LogP contribution in [0.4, 0.5) is 0 Å². The van der Waals surface area contributed by atoms with Crippen molar-refractivity contribution >= 4 is 8.58 Å². The maximum absolute atomic E-state index is 5.28. The predicted octanol–water partition coefficient (Wildman–Crippen LogP) is 8.01. The van der Waals surface area contributed by atoms with E-state index in [1.807, 2.05) is 0 Å². The monoisotopic (exact) mass is 462 g/mol. The summed E-state index contributed by atoms with van der Waals surface area (Å²) in [6.45, 7) is 0. The Morgan fingerprint density at radius 1 is 0.576 bits per heavy atom. The summed E-state index contributed by atoms with van der Waals surface area (Å²) in [5.74, 6) is 0. The third kappa shape index (κ3) is 7.24. The summed E-state index contributed by atoms with van der Waals surface area (Å²) >= 11 is 0. The highest BCUT2D eigenvalue weighted by Gasteiger charge is 2.35. The molecular weight excluding hydrogens is 423 g/mol. The molecule has 3 aromatic carbocycles. The van der Waals surface area contributed by atoms with E-state index in [-0.39, 0.29) is 11.4 Å². The molecule has 3 rings (SSSR count). The highest BCUT2D eigenvalue weighted by Crippen LogP contribution is 2.52. The fourth-order valence-electron chi connectivity index (χ4n) is 4.62. The molecule has 0 aliphatic heterocycles. The van der Waals surface area contributed by atoms with Crippen LogP contribution in [0.25, 0.3) is 0 Å². The number of hydrogen-bond donors (Lipinski definition) is 0. The van der Waals surface area contributed by atoms with E-state index in [0.717, 1.165) is 15.0 Å². The lowest BCUT2D eigenvalue weighted by Gasteiger charge is -2.36. The molecule has 0 aliphatic rings. The first kappa shape index (κ1) is 25.6. The van der Waals surface area contributed by atoms with Crippen LogP contribution < -0.4 is 0 Å². The Kier molecular flexibility index (Phi) is 11.1. The first-order valence-electron chi connectivity index (χ1n) is 12.3. The molecule has 33 heavy (non-hydrogen) atoms. The molecule has 0 fully saturated rings. The van der Waals surface area contributed by atoms with Crippen molar-refractivity contribution in [1.82, 2.24) is 0 Å². The lowest BCUT2D eigenvalue weighted by molar-refractivity contribution is -0.107. The summed E-state index contributed by atoms with van der Waals surface area (Å²) in [7, 11) is 4.24. The van der Waals surface area contributed by atoms with Crippen LogP contribution in [-0.4, -0.2) is 26.7 Å². The lowest BCUT2D eigenvalue weighted by atomic mass is 9.84. The van der Waals surface area contributed by atoms with Gasteiger partial charge in [-0.2, -0.15) is 0 Å². The molecule has 3 aromatic rings. The van der Waals surface area contributed by atoms with Gasteiger partial charge in [0.15, 0.2) is 6.29 Å². The molecule has 0 amide bonds. The zero-order valence-corrected chi connectivity index (χ0v) is 21.2. The van der Waals surface area contributed by atoms with E-state index < -0.39 is 0 Å². The minimum absolute atomic E-state index is 0.0479. The molecule has 1 atom stereocenters. The van der Waals surface area contributed by atoms with Gasteiger partial charge in [0.05, 0.1) is 5.16 Å². The van der Waals surface area contributed by atoms with Gasteiger partial charge in [-0.1, -0.05) is 117 Å². The van der Waals surface area contributed by atoms with Crippen LogP contribution >= 0.6 is 8.58 Å². The first-order chi connectivity index (χ1) is 16.3. The average Bonchev–Trinajstić information content (AvgIpc) is 2.89. The standard InChI is InChI=1S/C30H39O2P/c1-31-29(32-2)24-16-5-3-4-6-17-25-33-30(26-18-10-7-11-19-26,27-20-12-8-13-21-27)28-22-14-9-15-23-28/h7-15,18-23,29,33H,3-6,16-17,24-25H2,1-2H3. The predicted molar refractivity (Wildman–Crippen MR) is 143 cm³/mol. The van der Waals surface area contributed by atoms with Crippen molar-refractivity contribution in [3.8, 4) is 0 Å². The Morgan fingerprint density at radius 2 is 0.970 bits per heavy atom. The van der Waals surface area contributed by atoms with E-state index in [2.05, 4.69) is 91.0 Å². The van der Waals surface area contributed by atoms with Crippen molar-refractivity contribution in [3.05, 3.63) is 108 Å². The highest BCUT2D eigenvalue weighted by molar-refractivity contribution is 7.40. The van der Waals surface area contributed by atoms with Crippen LogP contribution in [-0.2, 0) is 14.6 Å². The van der Waals surface area contributed by atoms with Crippen LogP contribution in [0.15, 0.2) is 91.0 Å². The van der Waals surface area contributed by atoms with E-state index in [4.69, 9.17) is 9.47 Å². The van der Waals surface area contributed by atoms with E-state index >= 15 is 0 Å². The number of unbranched alkanes of at least 4 members (excludes halogenated alkanes) is 5. The fraction of sp³-hybridized carbons (Fsp3) is 0.400. The van der Waals surface area contributed by atoms with E-state index in [0.29, 0.717) is 0 Å². The van der Waals surface area contributed by atoms with Crippen LogP contribution in [0.5, 0.6) is 0 Å². The van der Waals surface area contributed by atoms with Gasteiger partial charge in [0, 0.05) is 14.2 Å². The van der Waals surface area contributed by atoms with Gasteiger partial charge < -0.3 is 9.47 Å². The maximum atomic E-state index is 5.28. The molecule has 0 aromatic heterocycles. The van der Waals surface area contributed by atoms with Crippen molar-refractivity contribution in [2.24, 2.45) is 0 Å². The second-order valence-corrected chi connectivity index (χ2v) is 10.2. The van der Waals surface area contributed by atoms with Crippen LogP contribution in [0.2, 0.25) is 0 Å². The van der Waals surface area contributed by atoms with E-state index in [9.17, 15) is 0 Å². The number of rotatable bonds is 15. The Bertz CT molecular complexity index is 782. The number of benzene rings is 3. The molecule has 176 valence electrons. The van der Waals surface area contributed by atoms with Crippen molar-refractivity contribution in [2.75, 3.05) is 20.4 Å². The molecule has 0 heterocycles. The van der Waals surface area contributed by atoms with Crippen LogP contribution in [0, 0.1) is 0 Å². The third-order valence-electron chi connectivity index (χ3n) is 6.40. The molecule has 0 bridgehead atoms. The highest BCUT2D eigenvalue weighted by atomic mass is 31.1. The normalized spacial score (nSPS) is 12.1. The summed E-state index contributed by atoms with van der Waals surface area (Å²) in [5, 5.41) is -0.0842. The van der Waals surface area contributed by atoms with E-state index in [1.54, 1.807) is 14.2 Å². The third-order valence-corrected chi connectivity index (χ3v) is 8.40. The minimum Gasteiger partial charge on any atom is -0.356 e. The fourth-order valence-corrected chi connectivity index (χ4v) is 6.54.